The van der Waals surface area contributed by atoms with Crippen molar-refractivity contribution < 1.29 is 9.90 Å². The van der Waals surface area contributed by atoms with Gasteiger partial charge in [0.1, 0.15) is 0 Å². The summed E-state index contributed by atoms with van der Waals surface area (Å²) in [5.41, 5.74) is 0. The van der Waals surface area contributed by atoms with Crippen LogP contribution >= 0.6 is 0 Å². The molecule has 0 aromatic carbocycles. The maximum absolute atomic E-state index is 11.7. The Morgan fingerprint density at radius 1 is 1.54 bits per heavy atom. The predicted octanol–water partition coefficient (Wildman–Crippen LogP) is 0.626. The van der Waals surface area contributed by atoms with Gasteiger partial charge in [0.15, 0.2) is 0 Å². The summed E-state index contributed by atoms with van der Waals surface area (Å²) in [5.74, 6) is 1.11. The number of carbonyl (C=O) groups excluding carboxylic acids is 1. The number of carbonyl (C=O) groups is 1. The van der Waals surface area contributed by atoms with Crippen molar-refractivity contribution in [3.63, 3.8) is 0 Å². The standard InChI is InChI=1S/C10H17NO2/c1-7-5-9(7)10(13)11-4-2-3-8(12)6-11/h7-9,12H,2-6H2,1H3/t7?,8-,9?/m0/s1. The van der Waals surface area contributed by atoms with Crippen molar-refractivity contribution in [3.05, 3.63) is 0 Å². The highest BCUT2D eigenvalue weighted by Gasteiger charge is 2.42. The summed E-state index contributed by atoms with van der Waals surface area (Å²) < 4.78 is 0. The molecule has 1 aliphatic heterocycles. The molecule has 1 N–H and O–H groups in total. The lowest BCUT2D eigenvalue weighted by atomic mass is 10.1. The van der Waals surface area contributed by atoms with Crippen LogP contribution in [0.25, 0.3) is 0 Å². The molecule has 74 valence electrons. The van der Waals surface area contributed by atoms with E-state index >= 15 is 0 Å². The summed E-state index contributed by atoms with van der Waals surface area (Å²) in [6.45, 7) is 3.52. The molecule has 13 heavy (non-hydrogen) atoms. The van der Waals surface area contributed by atoms with Crippen molar-refractivity contribution in [2.24, 2.45) is 11.8 Å². The smallest absolute Gasteiger partial charge is 0.226 e. The molecule has 3 heteroatoms. The van der Waals surface area contributed by atoms with Crippen LogP contribution in [0.5, 0.6) is 0 Å². The summed E-state index contributed by atoms with van der Waals surface area (Å²) in [4.78, 5) is 13.6. The second-order valence-corrected chi connectivity index (χ2v) is 4.40. The van der Waals surface area contributed by atoms with Gasteiger partial charge in [0.25, 0.3) is 0 Å². The zero-order valence-electron chi connectivity index (χ0n) is 8.07. The van der Waals surface area contributed by atoms with Crippen LogP contribution in [0.1, 0.15) is 26.2 Å². The van der Waals surface area contributed by atoms with Crippen molar-refractivity contribution in [1.82, 2.24) is 4.90 Å². The fourth-order valence-electron chi connectivity index (χ4n) is 2.06. The Labute approximate surface area is 78.7 Å². The third-order valence-corrected chi connectivity index (χ3v) is 3.13. The van der Waals surface area contributed by atoms with Gasteiger partial charge in [0.2, 0.25) is 5.91 Å². The van der Waals surface area contributed by atoms with Crippen LogP contribution in [-0.4, -0.2) is 35.1 Å². The lowest BCUT2D eigenvalue weighted by Crippen LogP contribution is -2.43. The first-order valence-corrected chi connectivity index (χ1v) is 5.15. The molecule has 0 aromatic heterocycles. The number of amides is 1. The van der Waals surface area contributed by atoms with E-state index < -0.39 is 0 Å². The highest BCUT2D eigenvalue weighted by Crippen LogP contribution is 2.39. The average Bonchev–Trinajstić information content (AvgIpc) is 2.81. The van der Waals surface area contributed by atoms with E-state index in [0.29, 0.717) is 12.5 Å². The molecule has 1 saturated heterocycles. The topological polar surface area (TPSA) is 40.5 Å². The number of aliphatic hydroxyl groups excluding tert-OH is 1. The number of rotatable bonds is 1. The Morgan fingerprint density at radius 3 is 2.77 bits per heavy atom. The number of likely N-dealkylation sites (tertiary alicyclic amines) is 1. The van der Waals surface area contributed by atoms with E-state index in [4.69, 9.17) is 0 Å². The molecule has 1 amide bonds. The molecule has 3 nitrogen and oxygen atoms in total. The first kappa shape index (κ1) is 9.00. The zero-order chi connectivity index (χ0) is 9.42. The highest BCUT2D eigenvalue weighted by molar-refractivity contribution is 5.81. The molecule has 0 spiro atoms. The zero-order valence-corrected chi connectivity index (χ0v) is 8.07. The average molecular weight is 183 g/mol. The Hall–Kier alpha value is -0.570. The van der Waals surface area contributed by atoms with Crippen LogP contribution in [0.15, 0.2) is 0 Å². The quantitative estimate of drug-likeness (QED) is 0.647. The highest BCUT2D eigenvalue weighted by atomic mass is 16.3. The van der Waals surface area contributed by atoms with E-state index in [0.717, 1.165) is 25.8 Å². The molecule has 1 heterocycles. The molecule has 0 bridgehead atoms. The minimum absolute atomic E-state index is 0.269. The summed E-state index contributed by atoms with van der Waals surface area (Å²) in [6, 6.07) is 0. The third-order valence-electron chi connectivity index (χ3n) is 3.13. The lowest BCUT2D eigenvalue weighted by molar-refractivity contribution is -0.135. The number of β-amino-alcohol motifs (C(OH)–C–C–N with tert-alkyl or cyclic N) is 1. The minimum atomic E-state index is -0.285. The summed E-state index contributed by atoms with van der Waals surface area (Å²) in [6.07, 6.45) is 2.57. The summed E-state index contributed by atoms with van der Waals surface area (Å²) in [7, 11) is 0. The Kier molecular flexibility index (Phi) is 2.28. The summed E-state index contributed by atoms with van der Waals surface area (Å²) >= 11 is 0. The van der Waals surface area contributed by atoms with Crippen LogP contribution in [0.3, 0.4) is 0 Å². The van der Waals surface area contributed by atoms with E-state index in [-0.39, 0.29) is 17.9 Å². The number of hydrogen-bond acceptors (Lipinski definition) is 2. The number of hydrogen-bond donors (Lipinski definition) is 1. The monoisotopic (exact) mass is 183 g/mol. The van der Waals surface area contributed by atoms with E-state index in [9.17, 15) is 9.90 Å². The largest absolute Gasteiger partial charge is 0.391 e. The van der Waals surface area contributed by atoms with Gasteiger partial charge < -0.3 is 10.0 Å². The maximum atomic E-state index is 11.7. The van der Waals surface area contributed by atoms with Crippen LogP contribution in [0.2, 0.25) is 0 Å². The first-order valence-electron chi connectivity index (χ1n) is 5.15. The molecule has 2 rings (SSSR count). The molecule has 0 radical (unpaired) electrons. The van der Waals surface area contributed by atoms with Crippen LogP contribution in [-0.2, 0) is 4.79 Å². The van der Waals surface area contributed by atoms with Crippen molar-refractivity contribution >= 4 is 5.91 Å². The minimum Gasteiger partial charge on any atom is -0.391 e. The number of piperidine rings is 1. The van der Waals surface area contributed by atoms with Gasteiger partial charge in [-0.2, -0.15) is 0 Å². The Morgan fingerprint density at radius 2 is 2.23 bits per heavy atom. The molecule has 1 aliphatic carbocycles. The Bertz CT molecular complexity index is 217. The predicted molar refractivity (Wildman–Crippen MR) is 49.1 cm³/mol. The molecule has 0 aromatic rings. The van der Waals surface area contributed by atoms with Crippen molar-refractivity contribution in [2.45, 2.75) is 32.3 Å². The van der Waals surface area contributed by atoms with E-state index in [1.165, 1.54) is 0 Å². The van der Waals surface area contributed by atoms with Crippen molar-refractivity contribution in [2.75, 3.05) is 13.1 Å². The molecular weight excluding hydrogens is 166 g/mol. The van der Waals surface area contributed by atoms with E-state index in [2.05, 4.69) is 6.92 Å². The maximum Gasteiger partial charge on any atom is 0.226 e. The fourth-order valence-corrected chi connectivity index (χ4v) is 2.06. The van der Waals surface area contributed by atoms with Gasteiger partial charge in [-0.05, 0) is 25.2 Å². The second-order valence-electron chi connectivity index (χ2n) is 4.40. The molecule has 3 atom stereocenters. The van der Waals surface area contributed by atoms with Gasteiger partial charge >= 0.3 is 0 Å². The molecule has 1 saturated carbocycles. The Balaban J connectivity index is 1.88. The fraction of sp³-hybridized carbons (Fsp3) is 0.900. The first-order chi connectivity index (χ1) is 6.18. The summed E-state index contributed by atoms with van der Waals surface area (Å²) in [5, 5.41) is 9.40. The van der Waals surface area contributed by atoms with E-state index in [1.807, 2.05) is 4.90 Å². The van der Waals surface area contributed by atoms with Gasteiger partial charge in [-0.3, -0.25) is 4.79 Å². The molecule has 2 aliphatic rings. The SMILES string of the molecule is CC1CC1C(=O)N1CCC[C@H](O)C1. The van der Waals surface area contributed by atoms with Crippen LogP contribution < -0.4 is 0 Å². The van der Waals surface area contributed by atoms with Gasteiger partial charge in [-0.15, -0.1) is 0 Å². The van der Waals surface area contributed by atoms with Gasteiger partial charge in [0, 0.05) is 19.0 Å². The number of aliphatic hydroxyl groups is 1. The normalized spacial score (nSPS) is 38.9. The number of nitrogens with zero attached hydrogens (tertiary/aromatic N) is 1. The van der Waals surface area contributed by atoms with Crippen molar-refractivity contribution in [1.29, 1.82) is 0 Å². The van der Waals surface area contributed by atoms with Gasteiger partial charge in [-0.1, -0.05) is 6.92 Å². The third kappa shape index (κ3) is 1.85. The second kappa shape index (κ2) is 3.29. The molecule has 2 fully saturated rings. The van der Waals surface area contributed by atoms with Gasteiger partial charge in [-0.25, -0.2) is 0 Å². The van der Waals surface area contributed by atoms with Gasteiger partial charge in [0.05, 0.1) is 6.10 Å². The lowest BCUT2D eigenvalue weighted by Gasteiger charge is -2.30. The van der Waals surface area contributed by atoms with E-state index in [1.54, 1.807) is 0 Å². The molecular formula is C10H17NO2. The van der Waals surface area contributed by atoms with Crippen LogP contribution in [0, 0.1) is 11.8 Å². The van der Waals surface area contributed by atoms with Crippen molar-refractivity contribution in [3.8, 4) is 0 Å². The van der Waals surface area contributed by atoms with Crippen LogP contribution in [0.4, 0.5) is 0 Å². The molecule has 2 unspecified atom stereocenters.